The van der Waals surface area contributed by atoms with Crippen molar-refractivity contribution in [3.63, 3.8) is 0 Å². The van der Waals surface area contributed by atoms with Crippen LogP contribution in [0.25, 0.3) is 16.9 Å². The molecule has 2 heterocycles. The molecule has 0 bridgehead atoms. The van der Waals surface area contributed by atoms with Crippen molar-refractivity contribution in [3.05, 3.63) is 47.6 Å². The average molecular weight is 256 g/mol. The van der Waals surface area contributed by atoms with Crippen molar-refractivity contribution in [2.45, 2.75) is 0 Å². The van der Waals surface area contributed by atoms with Gasteiger partial charge in [0.15, 0.2) is 5.82 Å². The minimum atomic E-state index is 0.0989. The SMILES string of the molecule is N#Cc1cnc(Cl)nc1-n1cnc2ccccc21. The van der Waals surface area contributed by atoms with Gasteiger partial charge >= 0.3 is 0 Å². The third-order valence-electron chi connectivity index (χ3n) is 2.54. The van der Waals surface area contributed by atoms with E-state index in [0.717, 1.165) is 11.0 Å². The maximum Gasteiger partial charge on any atom is 0.224 e. The fourth-order valence-electron chi connectivity index (χ4n) is 1.74. The van der Waals surface area contributed by atoms with Crippen molar-refractivity contribution in [1.82, 2.24) is 19.5 Å². The second kappa shape index (κ2) is 4.09. The maximum atomic E-state index is 9.07. The molecule has 18 heavy (non-hydrogen) atoms. The summed E-state index contributed by atoms with van der Waals surface area (Å²) < 4.78 is 1.72. The molecule has 2 aromatic heterocycles. The van der Waals surface area contributed by atoms with Crippen LogP contribution in [0.5, 0.6) is 0 Å². The topological polar surface area (TPSA) is 67.4 Å². The highest BCUT2D eigenvalue weighted by molar-refractivity contribution is 6.28. The van der Waals surface area contributed by atoms with Crippen LogP contribution in [-0.2, 0) is 0 Å². The first kappa shape index (κ1) is 10.7. The molecule has 0 aliphatic rings. The highest BCUT2D eigenvalue weighted by Gasteiger charge is 2.11. The molecule has 5 nitrogen and oxygen atoms in total. The van der Waals surface area contributed by atoms with Crippen molar-refractivity contribution in [3.8, 4) is 11.9 Å². The predicted molar refractivity (Wildman–Crippen MR) is 66.4 cm³/mol. The Hall–Kier alpha value is -2.45. The van der Waals surface area contributed by atoms with E-state index in [0.29, 0.717) is 11.4 Å². The highest BCUT2D eigenvalue weighted by Crippen LogP contribution is 2.19. The van der Waals surface area contributed by atoms with Crippen LogP contribution >= 0.6 is 11.6 Å². The molecule has 0 saturated heterocycles. The summed E-state index contributed by atoms with van der Waals surface area (Å²) in [5.41, 5.74) is 2.04. The first-order valence-electron chi connectivity index (χ1n) is 5.14. The van der Waals surface area contributed by atoms with Crippen molar-refractivity contribution >= 4 is 22.6 Å². The molecule has 0 radical (unpaired) electrons. The number of hydrogen-bond acceptors (Lipinski definition) is 4. The minimum absolute atomic E-state index is 0.0989. The van der Waals surface area contributed by atoms with Gasteiger partial charge in [0.25, 0.3) is 0 Å². The van der Waals surface area contributed by atoms with Gasteiger partial charge in [-0.05, 0) is 23.7 Å². The number of imidazole rings is 1. The minimum Gasteiger partial charge on any atom is -0.282 e. The van der Waals surface area contributed by atoms with Crippen molar-refractivity contribution in [1.29, 1.82) is 5.26 Å². The second-order valence-corrected chi connectivity index (χ2v) is 3.93. The Morgan fingerprint density at radius 3 is 2.89 bits per heavy atom. The fourth-order valence-corrected chi connectivity index (χ4v) is 1.87. The third-order valence-corrected chi connectivity index (χ3v) is 2.72. The van der Waals surface area contributed by atoms with Crippen LogP contribution in [0, 0.1) is 11.3 Å². The Morgan fingerprint density at radius 1 is 1.22 bits per heavy atom. The normalized spacial score (nSPS) is 10.4. The lowest BCUT2D eigenvalue weighted by Gasteiger charge is -2.04. The molecule has 6 heteroatoms. The number of benzene rings is 1. The van der Waals surface area contributed by atoms with Gasteiger partial charge in [-0.3, -0.25) is 4.57 Å². The first-order valence-corrected chi connectivity index (χ1v) is 5.52. The molecular formula is C12H6ClN5. The Bertz CT molecular complexity index is 771. The summed E-state index contributed by atoms with van der Waals surface area (Å²) in [6.07, 6.45) is 3.02. The smallest absolute Gasteiger partial charge is 0.224 e. The zero-order valence-electron chi connectivity index (χ0n) is 9.08. The fraction of sp³-hybridized carbons (Fsp3) is 0. The summed E-state index contributed by atoms with van der Waals surface area (Å²) in [4.78, 5) is 12.1. The Kier molecular flexibility index (Phi) is 2.43. The zero-order chi connectivity index (χ0) is 12.5. The molecular weight excluding hydrogens is 250 g/mol. The lowest BCUT2D eigenvalue weighted by molar-refractivity contribution is 0.986. The molecule has 0 saturated carbocycles. The number of nitriles is 1. The van der Waals surface area contributed by atoms with E-state index in [9.17, 15) is 0 Å². The molecule has 0 N–H and O–H groups in total. The zero-order valence-corrected chi connectivity index (χ0v) is 9.83. The Balaban J connectivity index is 2.33. The lowest BCUT2D eigenvalue weighted by Crippen LogP contribution is -2.01. The van der Waals surface area contributed by atoms with E-state index in [-0.39, 0.29) is 5.28 Å². The second-order valence-electron chi connectivity index (χ2n) is 3.59. The van der Waals surface area contributed by atoms with Crippen LogP contribution in [-0.4, -0.2) is 19.5 Å². The quantitative estimate of drug-likeness (QED) is 0.626. The van der Waals surface area contributed by atoms with Crippen molar-refractivity contribution in [2.24, 2.45) is 0 Å². The molecule has 0 unspecified atom stereocenters. The molecule has 1 aromatic carbocycles. The van der Waals surface area contributed by atoms with Gasteiger partial charge in [0, 0.05) is 0 Å². The van der Waals surface area contributed by atoms with E-state index in [4.69, 9.17) is 16.9 Å². The maximum absolute atomic E-state index is 9.07. The van der Waals surface area contributed by atoms with E-state index in [1.807, 2.05) is 30.3 Å². The Morgan fingerprint density at radius 2 is 2.06 bits per heavy atom. The number of halogens is 1. The molecule has 3 rings (SSSR count). The van der Waals surface area contributed by atoms with Gasteiger partial charge < -0.3 is 0 Å². The van der Waals surface area contributed by atoms with Gasteiger partial charge in [0.2, 0.25) is 5.28 Å². The van der Waals surface area contributed by atoms with Gasteiger partial charge in [0.1, 0.15) is 18.0 Å². The van der Waals surface area contributed by atoms with Gasteiger partial charge in [-0.25, -0.2) is 9.97 Å². The standard InChI is InChI=1S/C12H6ClN5/c13-12-15-6-8(5-14)11(17-12)18-7-16-9-3-1-2-4-10(9)18/h1-4,6-7H. The summed E-state index contributed by atoms with van der Waals surface area (Å²) in [6, 6.07) is 9.63. The summed E-state index contributed by atoms with van der Waals surface area (Å²) in [5.74, 6) is 0.436. The summed E-state index contributed by atoms with van der Waals surface area (Å²) in [7, 11) is 0. The van der Waals surface area contributed by atoms with E-state index >= 15 is 0 Å². The van der Waals surface area contributed by atoms with E-state index in [2.05, 4.69) is 15.0 Å². The highest BCUT2D eigenvalue weighted by atomic mass is 35.5. The largest absolute Gasteiger partial charge is 0.282 e. The molecule has 86 valence electrons. The summed E-state index contributed by atoms with van der Waals surface area (Å²) in [5, 5.41) is 9.17. The average Bonchev–Trinajstić information content (AvgIpc) is 2.82. The number of para-hydroxylation sites is 2. The first-order chi connectivity index (χ1) is 8.79. The van der Waals surface area contributed by atoms with Gasteiger partial charge in [-0.15, -0.1) is 0 Å². The van der Waals surface area contributed by atoms with Gasteiger partial charge in [0.05, 0.1) is 17.2 Å². The number of nitrogens with zero attached hydrogens (tertiary/aromatic N) is 5. The molecule has 0 spiro atoms. The monoisotopic (exact) mass is 255 g/mol. The van der Waals surface area contributed by atoms with Crippen LogP contribution in [0.15, 0.2) is 36.8 Å². The van der Waals surface area contributed by atoms with Crippen LogP contribution in [0.3, 0.4) is 0 Å². The van der Waals surface area contributed by atoms with E-state index in [1.54, 1.807) is 10.9 Å². The summed E-state index contributed by atoms with van der Waals surface area (Å²) in [6.45, 7) is 0. The van der Waals surface area contributed by atoms with Gasteiger partial charge in [-0.1, -0.05) is 12.1 Å². The molecule has 0 amide bonds. The van der Waals surface area contributed by atoms with E-state index in [1.165, 1.54) is 6.20 Å². The van der Waals surface area contributed by atoms with Crippen LogP contribution in [0.1, 0.15) is 5.56 Å². The number of fused-ring (bicyclic) bond motifs is 1. The lowest BCUT2D eigenvalue weighted by atomic mass is 10.3. The molecule has 0 fully saturated rings. The van der Waals surface area contributed by atoms with Crippen LogP contribution in [0.2, 0.25) is 5.28 Å². The van der Waals surface area contributed by atoms with Crippen molar-refractivity contribution < 1.29 is 0 Å². The van der Waals surface area contributed by atoms with Gasteiger partial charge in [-0.2, -0.15) is 10.2 Å². The summed E-state index contributed by atoms with van der Waals surface area (Å²) >= 11 is 5.78. The van der Waals surface area contributed by atoms with Crippen molar-refractivity contribution in [2.75, 3.05) is 0 Å². The number of aromatic nitrogens is 4. The molecule has 3 aromatic rings. The molecule has 0 aliphatic carbocycles. The Labute approximate surface area is 107 Å². The van der Waals surface area contributed by atoms with Crippen LogP contribution in [0.4, 0.5) is 0 Å². The molecule has 0 atom stereocenters. The van der Waals surface area contributed by atoms with E-state index < -0.39 is 0 Å². The number of hydrogen-bond donors (Lipinski definition) is 0. The third kappa shape index (κ3) is 1.60. The molecule has 0 aliphatic heterocycles. The van der Waals surface area contributed by atoms with Crippen LogP contribution < -0.4 is 0 Å². The number of rotatable bonds is 1. The predicted octanol–water partition coefficient (Wildman–Crippen LogP) is 2.34.